The van der Waals surface area contributed by atoms with Crippen LogP contribution in [0.2, 0.25) is 0 Å². The molecule has 1 aromatic carbocycles. The van der Waals surface area contributed by atoms with Gasteiger partial charge in [-0.3, -0.25) is 4.90 Å². The Labute approximate surface area is 106 Å². The first-order chi connectivity index (χ1) is 7.65. The molecule has 0 radical (unpaired) electrons. The van der Waals surface area contributed by atoms with Crippen molar-refractivity contribution in [2.75, 3.05) is 7.05 Å². The molecule has 0 amide bonds. The standard InChI is InChI=1S/C13H19BrN2/c1-16(13-7-6-12(15)8-13)9-10-2-4-11(14)5-3-10/h2-5,12-13H,6-9,15H2,1H3. The molecule has 3 heteroatoms. The van der Waals surface area contributed by atoms with Crippen LogP contribution < -0.4 is 5.73 Å². The summed E-state index contributed by atoms with van der Waals surface area (Å²) in [4.78, 5) is 2.43. The largest absolute Gasteiger partial charge is 0.328 e. The molecule has 2 N–H and O–H groups in total. The van der Waals surface area contributed by atoms with E-state index in [1.54, 1.807) is 0 Å². The van der Waals surface area contributed by atoms with Crippen molar-refractivity contribution in [1.82, 2.24) is 4.90 Å². The van der Waals surface area contributed by atoms with Crippen molar-refractivity contribution in [3.63, 3.8) is 0 Å². The minimum absolute atomic E-state index is 0.414. The fourth-order valence-electron chi connectivity index (χ4n) is 2.40. The van der Waals surface area contributed by atoms with Gasteiger partial charge in [0.2, 0.25) is 0 Å². The molecule has 0 aliphatic heterocycles. The van der Waals surface area contributed by atoms with Crippen LogP contribution in [0.3, 0.4) is 0 Å². The van der Waals surface area contributed by atoms with Crippen molar-refractivity contribution in [2.24, 2.45) is 5.73 Å². The molecule has 0 aromatic heterocycles. The summed E-state index contributed by atoms with van der Waals surface area (Å²) >= 11 is 3.46. The number of nitrogens with zero attached hydrogens (tertiary/aromatic N) is 1. The molecule has 0 spiro atoms. The Kier molecular flexibility index (Phi) is 4.00. The number of nitrogens with two attached hydrogens (primary N) is 1. The molecule has 1 saturated carbocycles. The molecule has 88 valence electrons. The summed E-state index contributed by atoms with van der Waals surface area (Å²) in [7, 11) is 2.20. The summed E-state index contributed by atoms with van der Waals surface area (Å²) in [6.45, 7) is 1.02. The first kappa shape index (κ1) is 12.1. The first-order valence-corrected chi connectivity index (χ1v) is 6.64. The zero-order chi connectivity index (χ0) is 11.5. The summed E-state index contributed by atoms with van der Waals surface area (Å²) < 4.78 is 1.14. The minimum Gasteiger partial charge on any atom is -0.328 e. The zero-order valence-corrected chi connectivity index (χ0v) is 11.3. The maximum Gasteiger partial charge on any atom is 0.0233 e. The van der Waals surface area contributed by atoms with Gasteiger partial charge in [0.25, 0.3) is 0 Å². The maximum absolute atomic E-state index is 5.94. The van der Waals surface area contributed by atoms with Gasteiger partial charge in [-0.2, -0.15) is 0 Å². The number of hydrogen-bond acceptors (Lipinski definition) is 2. The predicted molar refractivity (Wildman–Crippen MR) is 71.2 cm³/mol. The Morgan fingerprint density at radius 3 is 2.56 bits per heavy atom. The molecule has 16 heavy (non-hydrogen) atoms. The summed E-state index contributed by atoms with van der Waals surface area (Å²) in [6, 6.07) is 9.63. The zero-order valence-electron chi connectivity index (χ0n) is 9.70. The van der Waals surface area contributed by atoms with Gasteiger partial charge in [0.05, 0.1) is 0 Å². The SMILES string of the molecule is CN(Cc1ccc(Br)cc1)C1CCC(N)C1. The lowest BCUT2D eigenvalue weighted by Crippen LogP contribution is -2.30. The van der Waals surface area contributed by atoms with Crippen LogP contribution in [0.1, 0.15) is 24.8 Å². The third-order valence-corrected chi connectivity index (χ3v) is 3.94. The summed E-state index contributed by atoms with van der Waals surface area (Å²) in [5.74, 6) is 0. The van der Waals surface area contributed by atoms with Crippen molar-refractivity contribution < 1.29 is 0 Å². The molecule has 0 bridgehead atoms. The van der Waals surface area contributed by atoms with E-state index in [1.165, 1.54) is 18.4 Å². The smallest absolute Gasteiger partial charge is 0.0233 e. The van der Waals surface area contributed by atoms with Crippen LogP contribution in [-0.2, 0) is 6.54 Å². The van der Waals surface area contributed by atoms with E-state index in [1.807, 2.05) is 0 Å². The van der Waals surface area contributed by atoms with Gasteiger partial charge in [0.15, 0.2) is 0 Å². The van der Waals surface area contributed by atoms with E-state index in [-0.39, 0.29) is 0 Å². The second-order valence-electron chi connectivity index (χ2n) is 4.77. The average Bonchev–Trinajstić information content (AvgIpc) is 2.68. The van der Waals surface area contributed by atoms with E-state index in [0.717, 1.165) is 17.4 Å². The molecule has 1 aliphatic rings. The van der Waals surface area contributed by atoms with Crippen LogP contribution >= 0.6 is 15.9 Å². The molecular formula is C13H19BrN2. The van der Waals surface area contributed by atoms with Gasteiger partial charge in [-0.05, 0) is 44.0 Å². The summed E-state index contributed by atoms with van der Waals surface area (Å²) in [6.07, 6.45) is 3.57. The molecular weight excluding hydrogens is 264 g/mol. The van der Waals surface area contributed by atoms with Crippen LogP contribution in [0.25, 0.3) is 0 Å². The average molecular weight is 283 g/mol. The fourth-order valence-corrected chi connectivity index (χ4v) is 2.66. The van der Waals surface area contributed by atoms with E-state index >= 15 is 0 Å². The van der Waals surface area contributed by atoms with Crippen molar-refractivity contribution >= 4 is 15.9 Å². The molecule has 1 aliphatic carbocycles. The lowest BCUT2D eigenvalue weighted by molar-refractivity contribution is 0.235. The number of halogens is 1. The van der Waals surface area contributed by atoms with Gasteiger partial charge >= 0.3 is 0 Å². The highest BCUT2D eigenvalue weighted by atomic mass is 79.9. The highest BCUT2D eigenvalue weighted by Crippen LogP contribution is 2.23. The monoisotopic (exact) mass is 282 g/mol. The van der Waals surface area contributed by atoms with Crippen LogP contribution in [0.5, 0.6) is 0 Å². The predicted octanol–water partition coefficient (Wildman–Crippen LogP) is 2.76. The van der Waals surface area contributed by atoms with Gasteiger partial charge < -0.3 is 5.73 Å². The third-order valence-electron chi connectivity index (χ3n) is 3.41. The highest BCUT2D eigenvalue weighted by Gasteiger charge is 2.24. The highest BCUT2D eigenvalue weighted by molar-refractivity contribution is 9.10. The lowest BCUT2D eigenvalue weighted by Gasteiger charge is -2.24. The molecule has 2 nitrogen and oxygen atoms in total. The molecule has 1 aromatic rings. The van der Waals surface area contributed by atoms with Crippen molar-refractivity contribution in [3.05, 3.63) is 34.3 Å². The summed E-state index contributed by atoms with van der Waals surface area (Å²) in [5.41, 5.74) is 7.31. The molecule has 2 unspecified atom stereocenters. The molecule has 0 heterocycles. The number of benzene rings is 1. The van der Waals surface area contributed by atoms with Crippen LogP contribution in [-0.4, -0.2) is 24.0 Å². The molecule has 0 saturated heterocycles. The van der Waals surface area contributed by atoms with Crippen LogP contribution in [0.4, 0.5) is 0 Å². The fraction of sp³-hybridized carbons (Fsp3) is 0.538. The van der Waals surface area contributed by atoms with Crippen LogP contribution in [0.15, 0.2) is 28.7 Å². The third kappa shape index (κ3) is 3.06. The van der Waals surface area contributed by atoms with Gasteiger partial charge in [0, 0.05) is 23.1 Å². The van der Waals surface area contributed by atoms with E-state index in [2.05, 4.69) is 52.1 Å². The van der Waals surface area contributed by atoms with Crippen molar-refractivity contribution in [3.8, 4) is 0 Å². The minimum atomic E-state index is 0.414. The maximum atomic E-state index is 5.94. The second kappa shape index (κ2) is 5.30. The summed E-state index contributed by atoms with van der Waals surface area (Å²) in [5, 5.41) is 0. The van der Waals surface area contributed by atoms with Crippen LogP contribution in [0, 0.1) is 0 Å². The van der Waals surface area contributed by atoms with E-state index in [4.69, 9.17) is 5.73 Å². The molecule has 2 atom stereocenters. The van der Waals surface area contributed by atoms with E-state index in [0.29, 0.717) is 12.1 Å². The Balaban J connectivity index is 1.91. The van der Waals surface area contributed by atoms with Crippen molar-refractivity contribution in [1.29, 1.82) is 0 Å². The van der Waals surface area contributed by atoms with Gasteiger partial charge in [-0.15, -0.1) is 0 Å². The topological polar surface area (TPSA) is 29.3 Å². The van der Waals surface area contributed by atoms with E-state index < -0.39 is 0 Å². The quantitative estimate of drug-likeness (QED) is 0.924. The van der Waals surface area contributed by atoms with E-state index in [9.17, 15) is 0 Å². The van der Waals surface area contributed by atoms with Gasteiger partial charge in [-0.25, -0.2) is 0 Å². The second-order valence-corrected chi connectivity index (χ2v) is 5.68. The Morgan fingerprint density at radius 1 is 1.31 bits per heavy atom. The number of hydrogen-bond donors (Lipinski definition) is 1. The molecule has 1 fully saturated rings. The molecule has 2 rings (SSSR count). The normalized spacial score (nSPS) is 25.2. The Hall–Kier alpha value is -0.380. The van der Waals surface area contributed by atoms with Gasteiger partial charge in [-0.1, -0.05) is 28.1 Å². The number of rotatable bonds is 3. The van der Waals surface area contributed by atoms with Crippen molar-refractivity contribution in [2.45, 2.75) is 37.9 Å². The Bertz CT molecular complexity index is 336. The first-order valence-electron chi connectivity index (χ1n) is 5.85. The Morgan fingerprint density at radius 2 is 2.00 bits per heavy atom. The van der Waals surface area contributed by atoms with Gasteiger partial charge in [0.1, 0.15) is 0 Å². The lowest BCUT2D eigenvalue weighted by atomic mass is 10.1.